The number of aromatic nitrogens is 1. The molecule has 0 fully saturated rings. The lowest BCUT2D eigenvalue weighted by molar-refractivity contribution is 0.256. The van der Waals surface area contributed by atoms with E-state index in [9.17, 15) is 4.79 Å². The van der Waals surface area contributed by atoms with Crippen LogP contribution in [0.15, 0.2) is 72.9 Å². The first kappa shape index (κ1) is 22.5. The van der Waals surface area contributed by atoms with Crippen molar-refractivity contribution in [3.8, 4) is 0 Å². The molecule has 5 nitrogen and oxygen atoms in total. The normalized spacial score (nSPS) is 11.3. The van der Waals surface area contributed by atoms with Gasteiger partial charge < -0.3 is 16.0 Å². The predicted molar refractivity (Wildman–Crippen MR) is 139 cm³/mol. The lowest BCUT2D eigenvalue weighted by Gasteiger charge is -2.26. The minimum absolute atomic E-state index is 0.167. The van der Waals surface area contributed by atoms with E-state index in [1.165, 1.54) is 0 Å². The molecule has 0 radical (unpaired) electrons. The van der Waals surface area contributed by atoms with E-state index in [1.54, 1.807) is 4.90 Å². The summed E-state index contributed by atoms with van der Waals surface area (Å²) in [5, 5.41) is 4.37. The zero-order chi connectivity index (χ0) is 23.5. The van der Waals surface area contributed by atoms with E-state index in [2.05, 4.69) is 62.3 Å². The molecule has 33 heavy (non-hydrogen) atoms. The van der Waals surface area contributed by atoms with Gasteiger partial charge in [0.25, 0.3) is 0 Å². The second-order valence-electron chi connectivity index (χ2n) is 9.09. The number of rotatable bonds is 6. The van der Waals surface area contributed by atoms with Crippen LogP contribution in [0.1, 0.15) is 56.2 Å². The molecule has 0 aliphatic heterocycles. The lowest BCUT2D eigenvalue weighted by atomic mass is 9.93. The Morgan fingerprint density at radius 3 is 2.18 bits per heavy atom. The van der Waals surface area contributed by atoms with Gasteiger partial charge in [-0.1, -0.05) is 64.1 Å². The second kappa shape index (κ2) is 9.41. The number of H-pyrrole nitrogens is 1. The highest BCUT2D eigenvalue weighted by atomic mass is 16.2. The minimum Gasteiger partial charge on any atom is -0.399 e. The van der Waals surface area contributed by atoms with Crippen molar-refractivity contribution in [3.63, 3.8) is 0 Å². The maximum Gasteiger partial charge on any atom is 0.326 e. The first-order valence-electron chi connectivity index (χ1n) is 11.5. The summed E-state index contributed by atoms with van der Waals surface area (Å²) in [6, 6.07) is 21.7. The Bertz CT molecular complexity index is 1230. The van der Waals surface area contributed by atoms with Crippen LogP contribution in [0, 0.1) is 0 Å². The van der Waals surface area contributed by atoms with Gasteiger partial charge in [-0.15, -0.1) is 0 Å². The third-order valence-electron chi connectivity index (χ3n) is 6.06. The second-order valence-corrected chi connectivity index (χ2v) is 9.09. The molecule has 170 valence electrons. The van der Waals surface area contributed by atoms with Crippen LogP contribution in [0.25, 0.3) is 10.9 Å². The van der Waals surface area contributed by atoms with Gasteiger partial charge in [-0.2, -0.15) is 0 Å². The standard InChI is InChI=1S/C28H32N4O/c1-18(2)23-9-7-10-24(19(3)4)27(23)31-28(33)32(22-14-12-21(29)13-15-22)17-20-16-30-26-11-6-5-8-25(20)26/h5-16,18-19,30H,17,29H2,1-4H3,(H,31,33). The number of carbonyl (C=O) groups is 1. The van der Waals surface area contributed by atoms with Crippen LogP contribution in [0.4, 0.5) is 21.9 Å². The van der Waals surface area contributed by atoms with Crippen molar-refractivity contribution in [3.05, 3.63) is 89.6 Å². The van der Waals surface area contributed by atoms with Crippen LogP contribution in [-0.4, -0.2) is 11.0 Å². The fourth-order valence-corrected chi connectivity index (χ4v) is 4.24. The molecule has 3 aromatic carbocycles. The zero-order valence-electron chi connectivity index (χ0n) is 19.7. The minimum atomic E-state index is -0.167. The average Bonchev–Trinajstić information content (AvgIpc) is 3.21. The molecule has 5 heteroatoms. The van der Waals surface area contributed by atoms with Gasteiger partial charge in [0.2, 0.25) is 0 Å². The number of urea groups is 1. The van der Waals surface area contributed by atoms with Crippen molar-refractivity contribution in [2.45, 2.75) is 46.1 Å². The third kappa shape index (κ3) is 4.72. The Morgan fingerprint density at radius 1 is 0.909 bits per heavy atom. The fourth-order valence-electron chi connectivity index (χ4n) is 4.24. The van der Waals surface area contributed by atoms with E-state index in [0.29, 0.717) is 12.2 Å². The molecule has 0 saturated heterocycles. The van der Waals surface area contributed by atoms with Gasteiger partial charge in [-0.3, -0.25) is 4.90 Å². The molecule has 0 saturated carbocycles. The van der Waals surface area contributed by atoms with Crippen molar-refractivity contribution < 1.29 is 4.79 Å². The summed E-state index contributed by atoms with van der Waals surface area (Å²) in [5.74, 6) is 0.579. The molecule has 4 aromatic rings. The number of anilines is 3. The predicted octanol–water partition coefficient (Wildman–Crippen LogP) is 7.24. The summed E-state index contributed by atoms with van der Waals surface area (Å²) in [5.41, 5.74) is 12.7. The van der Waals surface area contributed by atoms with E-state index in [4.69, 9.17) is 5.73 Å². The number of para-hydroxylation sites is 2. The molecule has 0 unspecified atom stereocenters. The Morgan fingerprint density at radius 2 is 1.55 bits per heavy atom. The van der Waals surface area contributed by atoms with Gasteiger partial charge in [0, 0.05) is 34.2 Å². The summed E-state index contributed by atoms with van der Waals surface area (Å²) >= 11 is 0. The first-order chi connectivity index (χ1) is 15.8. The number of nitrogens with two attached hydrogens (primary N) is 1. The number of nitrogens with one attached hydrogen (secondary N) is 2. The molecule has 2 amide bonds. The monoisotopic (exact) mass is 440 g/mol. The number of nitrogen functional groups attached to an aromatic ring is 1. The highest BCUT2D eigenvalue weighted by Gasteiger charge is 2.22. The molecule has 0 aliphatic rings. The van der Waals surface area contributed by atoms with Crippen molar-refractivity contribution in [2.75, 3.05) is 16.0 Å². The van der Waals surface area contributed by atoms with Crippen LogP contribution in [0.2, 0.25) is 0 Å². The maximum atomic E-state index is 13.8. The molecule has 4 N–H and O–H groups in total. The molecule has 0 aliphatic carbocycles. The number of amides is 2. The summed E-state index contributed by atoms with van der Waals surface area (Å²) < 4.78 is 0. The van der Waals surface area contributed by atoms with E-state index in [-0.39, 0.29) is 17.9 Å². The maximum absolute atomic E-state index is 13.8. The van der Waals surface area contributed by atoms with E-state index in [0.717, 1.165) is 39.0 Å². The number of benzene rings is 3. The average molecular weight is 441 g/mol. The topological polar surface area (TPSA) is 74.2 Å². The Hall–Kier alpha value is -3.73. The number of aromatic amines is 1. The van der Waals surface area contributed by atoms with Crippen molar-refractivity contribution in [1.29, 1.82) is 0 Å². The Labute approximate surface area is 195 Å². The molecule has 0 bridgehead atoms. The lowest BCUT2D eigenvalue weighted by Crippen LogP contribution is -2.35. The van der Waals surface area contributed by atoms with Crippen molar-refractivity contribution in [2.24, 2.45) is 0 Å². The number of hydrogen-bond acceptors (Lipinski definition) is 2. The summed E-state index contributed by atoms with van der Waals surface area (Å²) in [6.45, 7) is 9.04. The van der Waals surface area contributed by atoms with Gasteiger partial charge in [0.1, 0.15) is 0 Å². The fraction of sp³-hybridized carbons (Fsp3) is 0.250. The molecule has 0 spiro atoms. The van der Waals surface area contributed by atoms with Gasteiger partial charge in [-0.05, 0) is 58.9 Å². The first-order valence-corrected chi connectivity index (χ1v) is 11.5. The van der Waals surface area contributed by atoms with Gasteiger partial charge in [0.05, 0.1) is 6.54 Å². The highest BCUT2D eigenvalue weighted by Crippen LogP contribution is 2.33. The molecular formula is C28H32N4O. The van der Waals surface area contributed by atoms with Crippen molar-refractivity contribution in [1.82, 2.24) is 4.98 Å². The largest absolute Gasteiger partial charge is 0.399 e. The van der Waals surface area contributed by atoms with E-state index in [1.807, 2.05) is 48.7 Å². The molecule has 0 atom stereocenters. The smallest absolute Gasteiger partial charge is 0.326 e. The molecule has 1 aromatic heterocycles. The quantitative estimate of drug-likeness (QED) is 0.277. The SMILES string of the molecule is CC(C)c1cccc(C(C)C)c1NC(=O)N(Cc1c[nH]c2ccccc12)c1ccc(N)cc1. The summed E-state index contributed by atoms with van der Waals surface area (Å²) in [6.07, 6.45) is 1.98. The third-order valence-corrected chi connectivity index (χ3v) is 6.06. The number of nitrogens with zero attached hydrogens (tertiary/aromatic N) is 1. The van der Waals surface area contributed by atoms with Gasteiger partial charge in [-0.25, -0.2) is 4.79 Å². The zero-order valence-corrected chi connectivity index (χ0v) is 19.7. The van der Waals surface area contributed by atoms with Crippen molar-refractivity contribution >= 4 is 34.0 Å². The number of carbonyl (C=O) groups excluding carboxylic acids is 1. The van der Waals surface area contributed by atoms with Crippen LogP contribution >= 0.6 is 0 Å². The summed E-state index contributed by atoms with van der Waals surface area (Å²) in [7, 11) is 0. The summed E-state index contributed by atoms with van der Waals surface area (Å²) in [4.78, 5) is 18.9. The van der Waals surface area contributed by atoms with E-state index >= 15 is 0 Å². The van der Waals surface area contributed by atoms with Gasteiger partial charge >= 0.3 is 6.03 Å². The van der Waals surface area contributed by atoms with Crippen LogP contribution in [-0.2, 0) is 6.54 Å². The number of hydrogen-bond donors (Lipinski definition) is 3. The molecular weight excluding hydrogens is 408 g/mol. The molecule has 1 heterocycles. The highest BCUT2D eigenvalue weighted by molar-refractivity contribution is 6.03. The van der Waals surface area contributed by atoms with Crippen LogP contribution in [0.3, 0.4) is 0 Å². The van der Waals surface area contributed by atoms with Crippen LogP contribution in [0.5, 0.6) is 0 Å². The van der Waals surface area contributed by atoms with Gasteiger partial charge in [0.15, 0.2) is 0 Å². The Kier molecular flexibility index (Phi) is 6.40. The Balaban J connectivity index is 1.74. The van der Waals surface area contributed by atoms with Crippen LogP contribution < -0.4 is 16.0 Å². The van der Waals surface area contributed by atoms with E-state index < -0.39 is 0 Å². The molecule has 4 rings (SSSR count). The number of fused-ring (bicyclic) bond motifs is 1.